The van der Waals surface area contributed by atoms with E-state index in [9.17, 15) is 4.79 Å². The number of fused-ring (bicyclic) bond motifs is 1. The zero-order valence-electron chi connectivity index (χ0n) is 8.48. The summed E-state index contributed by atoms with van der Waals surface area (Å²) in [4.78, 5) is 14.9. The second-order valence-corrected chi connectivity index (χ2v) is 4.36. The third-order valence-corrected chi connectivity index (χ3v) is 2.96. The number of para-hydroxylation sites is 1. The van der Waals surface area contributed by atoms with E-state index >= 15 is 0 Å². The fourth-order valence-electron chi connectivity index (χ4n) is 1.53. The fraction of sp³-hybridized carbons (Fsp3) is 0.167. The highest BCUT2D eigenvalue weighted by Crippen LogP contribution is 2.22. The third-order valence-electron chi connectivity index (χ3n) is 2.32. The van der Waals surface area contributed by atoms with Crippen LogP contribution in [0.25, 0.3) is 10.9 Å². The molecule has 0 aliphatic heterocycles. The molecule has 2 rings (SSSR count). The number of carboxylic acid groups (broad SMARTS) is 1. The highest BCUT2D eigenvalue weighted by molar-refractivity contribution is 9.10. The van der Waals surface area contributed by atoms with Crippen LogP contribution in [0.15, 0.2) is 34.8 Å². The van der Waals surface area contributed by atoms with Crippen LogP contribution in [0.2, 0.25) is 0 Å². The highest BCUT2D eigenvalue weighted by atomic mass is 79.9. The third kappa shape index (κ3) is 2.39. The molecule has 0 unspecified atom stereocenters. The molecule has 16 heavy (non-hydrogen) atoms. The molecule has 2 aromatic rings. The van der Waals surface area contributed by atoms with Crippen molar-refractivity contribution in [1.82, 2.24) is 4.98 Å². The molecular weight excluding hydrogens is 270 g/mol. The number of pyridine rings is 1. The molecule has 0 saturated heterocycles. The topological polar surface area (TPSA) is 50.2 Å². The van der Waals surface area contributed by atoms with Crippen molar-refractivity contribution in [3.63, 3.8) is 0 Å². The minimum Gasteiger partial charge on any atom is -0.481 e. The average molecular weight is 280 g/mol. The zero-order valence-corrected chi connectivity index (χ0v) is 10.1. The number of aromatic nitrogens is 1. The van der Waals surface area contributed by atoms with Crippen LogP contribution in [0.5, 0.6) is 0 Å². The number of aryl methyl sites for hydroxylation is 1. The van der Waals surface area contributed by atoms with Crippen LogP contribution in [-0.4, -0.2) is 16.1 Å². The lowest BCUT2D eigenvalue weighted by molar-refractivity contribution is -0.136. The van der Waals surface area contributed by atoms with Crippen LogP contribution < -0.4 is 0 Å². The number of halogens is 1. The predicted molar refractivity (Wildman–Crippen MR) is 65.4 cm³/mol. The highest BCUT2D eigenvalue weighted by Gasteiger charge is 2.03. The summed E-state index contributed by atoms with van der Waals surface area (Å²) in [6, 6.07) is 9.69. The van der Waals surface area contributed by atoms with Gasteiger partial charge in [-0.25, -0.2) is 0 Å². The van der Waals surface area contributed by atoms with E-state index in [1.807, 2.05) is 30.3 Å². The van der Waals surface area contributed by atoms with Gasteiger partial charge in [0.15, 0.2) is 0 Å². The van der Waals surface area contributed by atoms with Crippen LogP contribution in [-0.2, 0) is 11.2 Å². The number of rotatable bonds is 3. The first kappa shape index (κ1) is 11.1. The molecule has 4 heteroatoms. The molecule has 1 heterocycles. The smallest absolute Gasteiger partial charge is 0.303 e. The molecule has 0 aliphatic rings. The summed E-state index contributed by atoms with van der Waals surface area (Å²) in [6.45, 7) is 0. The second-order valence-electron chi connectivity index (χ2n) is 3.51. The average Bonchev–Trinajstić information content (AvgIpc) is 2.27. The summed E-state index contributed by atoms with van der Waals surface area (Å²) in [5, 5.41) is 9.66. The number of carbonyl (C=O) groups is 1. The molecule has 0 spiro atoms. The number of benzene rings is 1. The van der Waals surface area contributed by atoms with Crippen LogP contribution >= 0.6 is 15.9 Å². The maximum absolute atomic E-state index is 10.5. The van der Waals surface area contributed by atoms with Crippen molar-refractivity contribution in [3.05, 3.63) is 40.5 Å². The summed E-state index contributed by atoms with van der Waals surface area (Å²) >= 11 is 3.43. The van der Waals surface area contributed by atoms with E-state index in [-0.39, 0.29) is 6.42 Å². The van der Waals surface area contributed by atoms with Crippen molar-refractivity contribution in [2.75, 3.05) is 0 Å². The lowest BCUT2D eigenvalue weighted by Gasteiger charge is -2.03. The lowest BCUT2D eigenvalue weighted by atomic mass is 10.1. The first-order valence-corrected chi connectivity index (χ1v) is 5.72. The quantitative estimate of drug-likeness (QED) is 0.940. The summed E-state index contributed by atoms with van der Waals surface area (Å²) < 4.78 is 0.933. The molecule has 3 nitrogen and oxygen atoms in total. The van der Waals surface area contributed by atoms with Crippen molar-refractivity contribution in [3.8, 4) is 0 Å². The Balaban J connectivity index is 2.35. The van der Waals surface area contributed by atoms with Crippen molar-refractivity contribution >= 4 is 32.8 Å². The summed E-state index contributed by atoms with van der Waals surface area (Å²) in [5.74, 6) is -0.797. The molecule has 1 N–H and O–H groups in total. The Kier molecular flexibility index (Phi) is 3.19. The molecule has 1 aromatic heterocycles. The monoisotopic (exact) mass is 279 g/mol. The molecule has 0 radical (unpaired) electrons. The van der Waals surface area contributed by atoms with Crippen molar-refractivity contribution < 1.29 is 9.90 Å². The Hall–Kier alpha value is -1.42. The standard InChI is InChI=1S/C12H10BrNO2/c13-10-3-1-2-8-4-5-9(14-12(8)10)6-7-11(15)16/h1-5H,6-7H2,(H,15,16). The molecule has 82 valence electrons. The van der Waals surface area contributed by atoms with Gasteiger partial charge in [-0.1, -0.05) is 18.2 Å². The molecule has 0 fully saturated rings. The molecule has 0 saturated carbocycles. The predicted octanol–water partition coefficient (Wildman–Crippen LogP) is 3.01. The molecule has 0 atom stereocenters. The van der Waals surface area contributed by atoms with Crippen LogP contribution in [0.3, 0.4) is 0 Å². The van der Waals surface area contributed by atoms with Gasteiger partial charge in [-0.3, -0.25) is 9.78 Å². The van der Waals surface area contributed by atoms with Gasteiger partial charge in [0.1, 0.15) is 0 Å². The van der Waals surface area contributed by atoms with Gasteiger partial charge in [-0.15, -0.1) is 0 Å². The zero-order chi connectivity index (χ0) is 11.5. The summed E-state index contributed by atoms with van der Waals surface area (Å²) in [6.07, 6.45) is 0.579. The van der Waals surface area contributed by atoms with E-state index in [4.69, 9.17) is 5.11 Å². The summed E-state index contributed by atoms with van der Waals surface area (Å²) in [7, 11) is 0. The van der Waals surface area contributed by atoms with Gasteiger partial charge in [0.25, 0.3) is 0 Å². The number of hydrogen-bond acceptors (Lipinski definition) is 2. The van der Waals surface area contributed by atoms with Crippen molar-refractivity contribution in [1.29, 1.82) is 0 Å². The van der Waals surface area contributed by atoms with Gasteiger partial charge in [-0.2, -0.15) is 0 Å². The normalized spacial score (nSPS) is 10.6. The van der Waals surface area contributed by atoms with Crippen LogP contribution in [0.1, 0.15) is 12.1 Å². The van der Waals surface area contributed by atoms with Gasteiger partial charge >= 0.3 is 5.97 Å². The van der Waals surface area contributed by atoms with Gasteiger partial charge in [0.05, 0.1) is 11.9 Å². The largest absolute Gasteiger partial charge is 0.481 e. The first-order valence-electron chi connectivity index (χ1n) is 4.93. The lowest BCUT2D eigenvalue weighted by Crippen LogP contribution is -1.99. The van der Waals surface area contributed by atoms with Crippen LogP contribution in [0, 0.1) is 0 Å². The Labute approximate surface area is 101 Å². The Morgan fingerprint density at radius 3 is 2.88 bits per heavy atom. The Morgan fingerprint density at radius 2 is 2.12 bits per heavy atom. The van der Waals surface area contributed by atoms with Crippen molar-refractivity contribution in [2.45, 2.75) is 12.8 Å². The first-order chi connectivity index (χ1) is 7.66. The van der Waals surface area contributed by atoms with E-state index in [1.54, 1.807) is 0 Å². The number of hydrogen-bond donors (Lipinski definition) is 1. The number of carboxylic acids is 1. The maximum Gasteiger partial charge on any atom is 0.303 e. The molecule has 0 amide bonds. The number of nitrogens with zero attached hydrogens (tertiary/aromatic N) is 1. The minimum atomic E-state index is -0.797. The Bertz CT molecular complexity index is 540. The summed E-state index contributed by atoms with van der Waals surface area (Å²) in [5.41, 5.74) is 1.69. The van der Waals surface area contributed by atoms with Crippen molar-refractivity contribution in [2.24, 2.45) is 0 Å². The van der Waals surface area contributed by atoms with Gasteiger partial charge in [-0.05, 0) is 28.1 Å². The van der Waals surface area contributed by atoms with E-state index in [1.165, 1.54) is 0 Å². The minimum absolute atomic E-state index is 0.114. The van der Waals surface area contributed by atoms with E-state index in [0.29, 0.717) is 6.42 Å². The molecule has 0 aliphatic carbocycles. The SMILES string of the molecule is O=C(O)CCc1ccc2cccc(Br)c2n1. The molecular formula is C12H10BrNO2. The van der Waals surface area contributed by atoms with Gasteiger partial charge in [0, 0.05) is 22.0 Å². The van der Waals surface area contributed by atoms with E-state index < -0.39 is 5.97 Å². The maximum atomic E-state index is 10.5. The number of aliphatic carboxylic acids is 1. The van der Waals surface area contributed by atoms with E-state index in [2.05, 4.69) is 20.9 Å². The molecule has 1 aromatic carbocycles. The van der Waals surface area contributed by atoms with Gasteiger partial charge < -0.3 is 5.11 Å². The van der Waals surface area contributed by atoms with E-state index in [0.717, 1.165) is 21.1 Å². The fourth-order valence-corrected chi connectivity index (χ4v) is 2.00. The van der Waals surface area contributed by atoms with Crippen LogP contribution in [0.4, 0.5) is 0 Å². The second kappa shape index (κ2) is 4.61. The van der Waals surface area contributed by atoms with Gasteiger partial charge in [0.2, 0.25) is 0 Å². The molecule has 0 bridgehead atoms. The Morgan fingerprint density at radius 1 is 1.31 bits per heavy atom.